The molecule has 35 heavy (non-hydrogen) atoms. The average Bonchev–Trinajstić information content (AvgIpc) is 3.13. The molecule has 1 aromatic carbocycles. The number of hydrogen-bond acceptors (Lipinski definition) is 5. The summed E-state index contributed by atoms with van der Waals surface area (Å²) < 4.78 is 30.3. The van der Waals surface area contributed by atoms with E-state index in [1.54, 1.807) is 29.8 Å². The highest BCUT2D eigenvalue weighted by Gasteiger charge is 2.41. The number of nitrogens with zero attached hydrogens (tertiary/aromatic N) is 2. The summed E-state index contributed by atoms with van der Waals surface area (Å²) in [7, 11) is -1.12. The summed E-state index contributed by atoms with van der Waals surface area (Å²) in [6.45, 7) is 1.69. The van der Waals surface area contributed by atoms with Crippen molar-refractivity contribution < 1.29 is 22.8 Å². The topological polar surface area (TPSA) is 142 Å². The minimum absolute atomic E-state index is 0.0822. The number of rotatable bonds is 7. The van der Waals surface area contributed by atoms with Crippen LogP contribution < -0.4 is 20.7 Å². The number of carbonyl (C=O) groups excluding carboxylic acids is 3. The van der Waals surface area contributed by atoms with Gasteiger partial charge in [-0.25, -0.2) is 9.52 Å². The van der Waals surface area contributed by atoms with Crippen LogP contribution in [0.2, 0.25) is 10.0 Å². The maximum atomic E-state index is 13.4. The molecule has 0 spiro atoms. The largest absolute Gasteiger partial charge is 0.356 e. The van der Waals surface area contributed by atoms with Gasteiger partial charge in [-0.15, -0.1) is 0 Å². The molecule has 14 heteroatoms. The monoisotopic (exact) mass is 546 g/mol. The Kier molecular flexibility index (Phi) is 8.20. The SMILES string of the molecule is CNC(=O)NS(=O)(=O)N1CCCC(CCNC(C)=O)(NC(=O)c2cc3c(Cl)c(Cl)ccc3n2C)C1. The Labute approximate surface area is 213 Å². The lowest BCUT2D eigenvalue weighted by Crippen LogP contribution is -2.62. The quantitative estimate of drug-likeness (QED) is 0.418. The van der Waals surface area contributed by atoms with Crippen LogP contribution in [-0.4, -0.2) is 67.4 Å². The van der Waals surface area contributed by atoms with Crippen molar-refractivity contribution in [3.63, 3.8) is 0 Å². The molecule has 2 aromatic rings. The molecule has 11 nitrogen and oxygen atoms in total. The molecule has 1 aliphatic heterocycles. The van der Waals surface area contributed by atoms with Gasteiger partial charge in [-0.2, -0.15) is 12.7 Å². The smallest absolute Gasteiger partial charge is 0.329 e. The predicted molar refractivity (Wildman–Crippen MR) is 134 cm³/mol. The van der Waals surface area contributed by atoms with Crippen LogP contribution in [0.25, 0.3) is 10.9 Å². The summed E-state index contributed by atoms with van der Waals surface area (Å²) in [5, 5.41) is 9.22. The Bertz CT molecular complexity index is 1260. The van der Waals surface area contributed by atoms with E-state index in [1.807, 2.05) is 4.72 Å². The van der Waals surface area contributed by atoms with Crippen molar-refractivity contribution in [1.82, 2.24) is 29.5 Å². The molecule has 192 valence electrons. The summed E-state index contributed by atoms with van der Waals surface area (Å²) in [5.41, 5.74) is 0.0265. The summed E-state index contributed by atoms with van der Waals surface area (Å²) in [5.74, 6) is -0.675. The normalized spacial score (nSPS) is 18.8. The Morgan fingerprint density at radius 1 is 1.20 bits per heavy atom. The molecular weight excluding hydrogens is 519 g/mol. The molecule has 1 saturated heterocycles. The number of hydrogen-bond donors (Lipinski definition) is 4. The van der Waals surface area contributed by atoms with Crippen molar-refractivity contribution in [2.24, 2.45) is 7.05 Å². The predicted octanol–water partition coefficient (Wildman–Crippen LogP) is 1.75. The fourth-order valence-corrected chi connectivity index (χ4v) is 5.88. The van der Waals surface area contributed by atoms with Gasteiger partial charge in [0.05, 0.1) is 15.6 Å². The van der Waals surface area contributed by atoms with Gasteiger partial charge in [0.2, 0.25) is 5.91 Å². The van der Waals surface area contributed by atoms with Gasteiger partial charge in [0, 0.05) is 51.6 Å². The van der Waals surface area contributed by atoms with Gasteiger partial charge in [0.15, 0.2) is 0 Å². The second kappa shape index (κ2) is 10.6. The molecule has 1 aromatic heterocycles. The standard InChI is InChI=1S/C21H28Cl2N6O5S/c1-13(30)25-9-8-21(7-4-10-29(12-21)35(33,34)27-20(32)24-2)26-19(31)17-11-14-16(28(17)3)6-5-15(22)18(14)23/h5-6,11H,4,7-10,12H2,1-3H3,(H,25,30)(H,26,31)(H2,24,27,32). The zero-order valence-electron chi connectivity index (χ0n) is 19.6. The number of fused-ring (bicyclic) bond motifs is 1. The lowest BCUT2D eigenvalue weighted by Gasteiger charge is -2.42. The third-order valence-electron chi connectivity index (χ3n) is 6.03. The first-order valence-corrected chi connectivity index (χ1v) is 13.1. The summed E-state index contributed by atoms with van der Waals surface area (Å²) in [6.07, 6.45) is 1.19. The van der Waals surface area contributed by atoms with Crippen LogP contribution in [0.15, 0.2) is 18.2 Å². The molecule has 0 radical (unpaired) electrons. The van der Waals surface area contributed by atoms with Gasteiger partial charge in [-0.1, -0.05) is 23.2 Å². The van der Waals surface area contributed by atoms with Gasteiger partial charge in [0.25, 0.3) is 5.91 Å². The lowest BCUT2D eigenvalue weighted by atomic mass is 9.86. The highest BCUT2D eigenvalue weighted by atomic mass is 35.5. The van der Waals surface area contributed by atoms with Crippen LogP contribution in [0.1, 0.15) is 36.7 Å². The second-order valence-electron chi connectivity index (χ2n) is 8.47. The fraction of sp³-hybridized carbons (Fsp3) is 0.476. The molecule has 2 heterocycles. The molecule has 0 bridgehead atoms. The number of piperidine rings is 1. The number of halogens is 2. The Hall–Kier alpha value is -2.54. The molecule has 0 aliphatic carbocycles. The van der Waals surface area contributed by atoms with Gasteiger partial charge in [-0.05, 0) is 37.5 Å². The zero-order chi connectivity index (χ0) is 26.0. The molecule has 0 saturated carbocycles. The fourth-order valence-electron chi connectivity index (χ4n) is 4.25. The van der Waals surface area contributed by atoms with E-state index < -0.39 is 27.7 Å². The maximum Gasteiger partial charge on any atom is 0.329 e. The van der Waals surface area contributed by atoms with Crippen LogP contribution in [0.4, 0.5) is 4.79 Å². The Morgan fingerprint density at radius 3 is 2.57 bits per heavy atom. The Morgan fingerprint density at radius 2 is 1.91 bits per heavy atom. The van der Waals surface area contributed by atoms with Crippen LogP contribution in [0, 0.1) is 0 Å². The van der Waals surface area contributed by atoms with E-state index in [1.165, 1.54) is 14.0 Å². The molecule has 1 atom stereocenters. The van der Waals surface area contributed by atoms with Crippen LogP contribution in [0.5, 0.6) is 0 Å². The average molecular weight is 547 g/mol. The van der Waals surface area contributed by atoms with E-state index in [9.17, 15) is 22.8 Å². The van der Waals surface area contributed by atoms with E-state index in [4.69, 9.17) is 23.2 Å². The van der Waals surface area contributed by atoms with E-state index in [0.29, 0.717) is 39.5 Å². The van der Waals surface area contributed by atoms with Crippen molar-refractivity contribution in [1.29, 1.82) is 0 Å². The number of benzene rings is 1. The summed E-state index contributed by atoms with van der Waals surface area (Å²) in [6, 6.07) is 4.16. The molecule has 3 rings (SSSR count). The third-order valence-corrected chi connectivity index (χ3v) is 8.29. The third kappa shape index (κ3) is 6.00. The highest BCUT2D eigenvalue weighted by Crippen LogP contribution is 2.33. The van der Waals surface area contributed by atoms with Gasteiger partial charge in [-0.3, -0.25) is 9.59 Å². The zero-order valence-corrected chi connectivity index (χ0v) is 21.9. The lowest BCUT2D eigenvalue weighted by molar-refractivity contribution is -0.119. The first-order valence-electron chi connectivity index (χ1n) is 10.9. The van der Waals surface area contributed by atoms with Crippen LogP contribution in [0.3, 0.4) is 0 Å². The van der Waals surface area contributed by atoms with E-state index in [0.717, 1.165) is 4.31 Å². The highest BCUT2D eigenvalue weighted by molar-refractivity contribution is 7.87. The van der Waals surface area contributed by atoms with Gasteiger partial charge < -0.3 is 20.5 Å². The molecule has 4 N–H and O–H groups in total. The molecular formula is C21H28Cl2N6O5S. The molecule has 1 unspecified atom stereocenters. The van der Waals surface area contributed by atoms with E-state index >= 15 is 0 Å². The van der Waals surface area contributed by atoms with Crippen LogP contribution >= 0.6 is 23.2 Å². The van der Waals surface area contributed by atoms with E-state index in [2.05, 4.69) is 16.0 Å². The van der Waals surface area contributed by atoms with Gasteiger partial charge >= 0.3 is 16.2 Å². The first-order chi connectivity index (χ1) is 16.4. The first kappa shape index (κ1) is 27.1. The number of carbonyl (C=O) groups is 3. The number of nitrogens with one attached hydrogen (secondary N) is 4. The minimum Gasteiger partial charge on any atom is -0.356 e. The summed E-state index contributed by atoms with van der Waals surface area (Å²) in [4.78, 5) is 36.5. The van der Waals surface area contributed by atoms with Crippen molar-refractivity contribution in [2.75, 3.05) is 26.7 Å². The van der Waals surface area contributed by atoms with Crippen molar-refractivity contribution in [3.8, 4) is 0 Å². The maximum absolute atomic E-state index is 13.4. The van der Waals surface area contributed by atoms with Crippen molar-refractivity contribution >= 4 is 62.2 Å². The minimum atomic E-state index is -4.15. The van der Waals surface area contributed by atoms with Gasteiger partial charge in [0.1, 0.15) is 5.69 Å². The van der Waals surface area contributed by atoms with Crippen molar-refractivity contribution in [2.45, 2.75) is 31.7 Å². The van der Waals surface area contributed by atoms with Crippen LogP contribution in [-0.2, 0) is 22.1 Å². The molecule has 1 fully saturated rings. The molecule has 1 aliphatic rings. The summed E-state index contributed by atoms with van der Waals surface area (Å²) >= 11 is 12.4. The van der Waals surface area contributed by atoms with Crippen molar-refractivity contribution in [3.05, 3.63) is 33.9 Å². The number of amides is 4. The Balaban J connectivity index is 1.92. The number of urea groups is 1. The number of aryl methyl sites for hydroxylation is 1. The second-order valence-corrected chi connectivity index (χ2v) is 10.9. The van der Waals surface area contributed by atoms with E-state index in [-0.39, 0.29) is 32.0 Å². The molecule has 4 amide bonds. The number of aromatic nitrogens is 1.